The van der Waals surface area contributed by atoms with Crippen molar-refractivity contribution in [3.8, 4) is 22.9 Å². The van der Waals surface area contributed by atoms with E-state index in [9.17, 15) is 9.47 Å². The van der Waals surface area contributed by atoms with E-state index in [4.69, 9.17) is 4.74 Å². The number of rotatable bonds is 4. The molecule has 1 aliphatic rings. The number of anilines is 1. The van der Waals surface area contributed by atoms with E-state index in [1.54, 1.807) is 30.2 Å². The first-order chi connectivity index (χ1) is 14.4. The molecule has 1 saturated heterocycles. The number of nitrogens with zero attached hydrogens (tertiary/aromatic N) is 6. The van der Waals surface area contributed by atoms with E-state index in [0.717, 1.165) is 22.5 Å². The minimum Gasteiger partial charge on any atom is -0.489 e. The Kier molecular flexibility index (Phi) is 5.35. The van der Waals surface area contributed by atoms with Crippen LogP contribution in [-0.4, -0.2) is 56.6 Å². The van der Waals surface area contributed by atoms with Gasteiger partial charge in [-0.25, -0.2) is 18.1 Å². The average Bonchev–Trinajstić information content (AvgIpc) is 3.16. The number of hydrogen-bond donors (Lipinski definition) is 0. The van der Waals surface area contributed by atoms with Crippen LogP contribution in [0.15, 0.2) is 41.2 Å². The van der Waals surface area contributed by atoms with Crippen molar-refractivity contribution in [3.63, 3.8) is 0 Å². The molecule has 0 saturated carbocycles. The van der Waals surface area contributed by atoms with Gasteiger partial charge in [0.15, 0.2) is 0 Å². The van der Waals surface area contributed by atoms with Crippen molar-refractivity contribution >= 4 is 21.1 Å². The minimum atomic E-state index is -2.06. The highest BCUT2D eigenvalue weighted by molar-refractivity contribution is 7.93. The van der Waals surface area contributed by atoms with Gasteiger partial charge in [0.05, 0.1) is 29.6 Å². The Bertz CT molecular complexity index is 1220. The van der Waals surface area contributed by atoms with Crippen LogP contribution >= 0.6 is 0 Å². The van der Waals surface area contributed by atoms with Gasteiger partial charge in [-0.05, 0) is 32.0 Å². The highest BCUT2D eigenvalue weighted by atomic mass is 32.2. The molecular weight excluding hydrogens is 400 g/mol. The van der Waals surface area contributed by atoms with Crippen LogP contribution in [0.2, 0.25) is 0 Å². The molecule has 0 spiro atoms. The molecule has 0 bridgehead atoms. The van der Waals surface area contributed by atoms with Crippen LogP contribution in [0.25, 0.3) is 16.6 Å². The van der Waals surface area contributed by atoms with Gasteiger partial charge >= 0.3 is 0 Å². The monoisotopic (exact) mass is 424 g/mol. The summed E-state index contributed by atoms with van der Waals surface area (Å²) in [6.45, 7) is 5.27. The molecular formula is C21H24N6O2S. The van der Waals surface area contributed by atoms with Gasteiger partial charge < -0.3 is 9.64 Å². The minimum absolute atomic E-state index is 0.0195. The first-order valence-electron chi connectivity index (χ1n) is 9.82. The van der Waals surface area contributed by atoms with E-state index < -0.39 is 9.73 Å². The summed E-state index contributed by atoms with van der Waals surface area (Å²) >= 11 is 0. The van der Waals surface area contributed by atoms with Crippen molar-refractivity contribution < 1.29 is 8.95 Å². The number of fused-ring (bicyclic) bond motifs is 1. The number of pyridine rings is 2. The van der Waals surface area contributed by atoms with Crippen LogP contribution in [0.5, 0.6) is 5.75 Å². The van der Waals surface area contributed by atoms with E-state index in [2.05, 4.69) is 25.4 Å². The van der Waals surface area contributed by atoms with Crippen molar-refractivity contribution in [2.75, 3.05) is 36.5 Å². The summed E-state index contributed by atoms with van der Waals surface area (Å²) in [5, 5.41) is 13.8. The third-order valence-electron chi connectivity index (χ3n) is 5.15. The van der Waals surface area contributed by atoms with Crippen LogP contribution in [0.1, 0.15) is 19.4 Å². The van der Waals surface area contributed by atoms with Gasteiger partial charge in [0.1, 0.15) is 17.6 Å². The molecule has 0 aromatic carbocycles. The van der Waals surface area contributed by atoms with Gasteiger partial charge in [0.25, 0.3) is 0 Å². The molecule has 0 radical (unpaired) electrons. The fourth-order valence-electron chi connectivity index (χ4n) is 3.60. The predicted molar refractivity (Wildman–Crippen MR) is 117 cm³/mol. The molecule has 0 amide bonds. The third kappa shape index (κ3) is 3.83. The molecule has 8 nitrogen and oxygen atoms in total. The normalized spacial score (nSPS) is 15.9. The molecule has 4 heterocycles. The molecule has 30 heavy (non-hydrogen) atoms. The Labute approximate surface area is 176 Å². The Morgan fingerprint density at radius 3 is 2.63 bits per heavy atom. The van der Waals surface area contributed by atoms with Crippen molar-refractivity contribution in [2.45, 2.75) is 20.0 Å². The molecule has 156 valence electrons. The van der Waals surface area contributed by atoms with Crippen LogP contribution < -0.4 is 9.64 Å². The average molecular weight is 425 g/mol. The number of nitriles is 1. The fraction of sp³-hybridized carbons (Fsp3) is 0.381. The zero-order valence-corrected chi connectivity index (χ0v) is 18.1. The summed E-state index contributed by atoms with van der Waals surface area (Å²) in [6.07, 6.45) is 5.16. The lowest BCUT2D eigenvalue weighted by atomic mass is 10.1. The molecule has 0 unspecified atom stereocenters. The maximum atomic E-state index is 12.4. The molecule has 1 aliphatic heterocycles. The molecule has 0 atom stereocenters. The Morgan fingerprint density at radius 1 is 1.27 bits per heavy atom. The second-order valence-electron chi connectivity index (χ2n) is 7.47. The maximum Gasteiger partial charge on any atom is 0.138 e. The van der Waals surface area contributed by atoms with E-state index in [1.807, 2.05) is 32.0 Å². The van der Waals surface area contributed by atoms with Crippen molar-refractivity contribution in [2.24, 2.45) is 4.36 Å². The van der Waals surface area contributed by atoms with Gasteiger partial charge in [0.2, 0.25) is 0 Å². The van der Waals surface area contributed by atoms with Gasteiger partial charge in [-0.3, -0.25) is 0 Å². The summed E-state index contributed by atoms with van der Waals surface area (Å²) in [5.41, 5.74) is 2.94. The van der Waals surface area contributed by atoms with Gasteiger partial charge in [-0.15, -0.1) is 0 Å². The molecule has 0 aliphatic carbocycles. The van der Waals surface area contributed by atoms with Gasteiger partial charge in [-0.2, -0.15) is 10.4 Å². The predicted octanol–water partition coefficient (Wildman–Crippen LogP) is 2.97. The second-order valence-corrected chi connectivity index (χ2v) is 10.2. The van der Waals surface area contributed by atoms with Crippen molar-refractivity contribution in [3.05, 3.63) is 42.4 Å². The first kappa shape index (κ1) is 20.2. The Hall–Kier alpha value is -3.12. The number of ether oxygens (including phenoxy) is 1. The van der Waals surface area contributed by atoms with Crippen molar-refractivity contribution in [1.82, 2.24) is 14.6 Å². The SMILES string of the molecule is CN=S1(=O)CCN(c2ccc(-c3cc(OC(C)C)cn4ncc(C#N)c34)cn2)CC1. The van der Waals surface area contributed by atoms with Crippen LogP contribution in [0, 0.1) is 11.3 Å². The second kappa shape index (κ2) is 7.95. The molecule has 1 fully saturated rings. The highest BCUT2D eigenvalue weighted by Crippen LogP contribution is 2.31. The molecule has 0 N–H and O–H groups in total. The molecule has 9 heteroatoms. The lowest BCUT2D eigenvalue weighted by Crippen LogP contribution is -2.40. The summed E-state index contributed by atoms with van der Waals surface area (Å²) in [5.74, 6) is 2.64. The summed E-state index contributed by atoms with van der Waals surface area (Å²) < 4.78 is 24.0. The van der Waals surface area contributed by atoms with E-state index in [-0.39, 0.29) is 6.10 Å². The highest BCUT2D eigenvalue weighted by Gasteiger charge is 2.21. The van der Waals surface area contributed by atoms with E-state index >= 15 is 0 Å². The topological polar surface area (TPSA) is 95.9 Å². The third-order valence-corrected chi connectivity index (χ3v) is 7.46. The van der Waals surface area contributed by atoms with Crippen molar-refractivity contribution in [1.29, 1.82) is 5.26 Å². The molecule has 4 rings (SSSR count). The lowest BCUT2D eigenvalue weighted by Gasteiger charge is -2.29. The first-order valence-corrected chi connectivity index (χ1v) is 11.7. The Balaban J connectivity index is 1.69. The zero-order chi connectivity index (χ0) is 21.3. The summed E-state index contributed by atoms with van der Waals surface area (Å²) in [7, 11) is -0.425. The largest absolute Gasteiger partial charge is 0.489 e. The molecule has 3 aromatic rings. The summed E-state index contributed by atoms with van der Waals surface area (Å²) in [6, 6.07) is 8.08. The van der Waals surface area contributed by atoms with E-state index in [1.165, 1.54) is 0 Å². The van der Waals surface area contributed by atoms with Crippen LogP contribution in [0.4, 0.5) is 5.82 Å². The zero-order valence-electron chi connectivity index (χ0n) is 17.3. The quantitative estimate of drug-likeness (QED) is 0.639. The standard InChI is InChI=1S/C21H24N6O2S/c1-15(2)29-18-10-19(21-17(11-22)13-25-27(21)14-18)16-4-5-20(24-12-16)26-6-8-30(28,23-3)9-7-26/h4-5,10,12-15H,6-9H2,1-3H3. The van der Waals surface area contributed by atoms with Crippen LogP contribution in [-0.2, 0) is 9.73 Å². The molecule has 3 aromatic heterocycles. The van der Waals surface area contributed by atoms with E-state index in [0.29, 0.717) is 35.9 Å². The Morgan fingerprint density at radius 2 is 2.03 bits per heavy atom. The lowest BCUT2D eigenvalue weighted by molar-refractivity contribution is 0.241. The van der Waals surface area contributed by atoms with Gasteiger partial charge in [0, 0.05) is 58.7 Å². The maximum absolute atomic E-state index is 12.4. The number of aromatic nitrogens is 3. The van der Waals surface area contributed by atoms with Crippen LogP contribution in [0.3, 0.4) is 0 Å². The summed E-state index contributed by atoms with van der Waals surface area (Å²) in [4.78, 5) is 6.77. The van der Waals surface area contributed by atoms with Gasteiger partial charge in [-0.1, -0.05) is 0 Å². The fourth-order valence-corrected chi connectivity index (χ4v) is 5.18. The smallest absolute Gasteiger partial charge is 0.138 e. The number of hydrogen-bond acceptors (Lipinski definition) is 7.